The van der Waals surface area contributed by atoms with E-state index < -0.39 is 0 Å². The van der Waals surface area contributed by atoms with E-state index in [1.807, 2.05) is 12.1 Å². The molecule has 1 aromatic heterocycles. The SMILES string of the molecule is CCCCC(C)c1nc(-c2ccc3cc(OCCCOC)ccc3c2)no1. The second-order valence-electron chi connectivity index (χ2n) is 6.92. The molecule has 0 aliphatic carbocycles. The van der Waals surface area contributed by atoms with Crippen LogP contribution >= 0.6 is 0 Å². The first-order valence-corrected chi connectivity index (χ1v) is 9.70. The molecule has 2 aromatic carbocycles. The van der Waals surface area contributed by atoms with Crippen LogP contribution in [0.25, 0.3) is 22.2 Å². The smallest absolute Gasteiger partial charge is 0.229 e. The van der Waals surface area contributed by atoms with Crippen LogP contribution in [-0.4, -0.2) is 30.5 Å². The number of fused-ring (bicyclic) bond motifs is 1. The van der Waals surface area contributed by atoms with E-state index in [1.54, 1.807) is 7.11 Å². The summed E-state index contributed by atoms with van der Waals surface area (Å²) in [5.74, 6) is 2.54. The molecule has 0 bridgehead atoms. The number of unbranched alkanes of at least 4 members (excludes halogenated alkanes) is 1. The molecule has 27 heavy (non-hydrogen) atoms. The fourth-order valence-electron chi connectivity index (χ4n) is 3.03. The van der Waals surface area contributed by atoms with Crippen molar-refractivity contribution in [3.8, 4) is 17.1 Å². The van der Waals surface area contributed by atoms with Gasteiger partial charge in [0.1, 0.15) is 5.75 Å². The second kappa shape index (κ2) is 9.51. The van der Waals surface area contributed by atoms with Crippen molar-refractivity contribution in [1.29, 1.82) is 0 Å². The van der Waals surface area contributed by atoms with Gasteiger partial charge in [-0.15, -0.1) is 0 Å². The van der Waals surface area contributed by atoms with E-state index in [0.29, 0.717) is 25.0 Å². The maximum Gasteiger partial charge on any atom is 0.229 e. The Balaban J connectivity index is 1.72. The van der Waals surface area contributed by atoms with E-state index in [2.05, 4.69) is 48.3 Å². The maximum atomic E-state index is 5.77. The lowest BCUT2D eigenvalue weighted by Gasteiger charge is -2.07. The lowest BCUT2D eigenvalue weighted by molar-refractivity contribution is 0.172. The molecule has 3 aromatic rings. The van der Waals surface area contributed by atoms with Crippen molar-refractivity contribution >= 4 is 10.8 Å². The van der Waals surface area contributed by atoms with Crippen molar-refractivity contribution in [2.75, 3.05) is 20.3 Å². The average Bonchev–Trinajstić information content (AvgIpc) is 3.19. The van der Waals surface area contributed by atoms with Gasteiger partial charge in [0, 0.05) is 31.6 Å². The largest absolute Gasteiger partial charge is 0.493 e. The van der Waals surface area contributed by atoms with Gasteiger partial charge in [0.05, 0.1) is 6.61 Å². The molecule has 5 heteroatoms. The van der Waals surface area contributed by atoms with Crippen LogP contribution in [0.4, 0.5) is 0 Å². The van der Waals surface area contributed by atoms with Gasteiger partial charge in [-0.2, -0.15) is 4.98 Å². The molecular formula is C22H28N2O3. The molecule has 0 spiro atoms. The van der Waals surface area contributed by atoms with Crippen molar-refractivity contribution in [3.05, 3.63) is 42.3 Å². The van der Waals surface area contributed by atoms with Gasteiger partial charge in [-0.1, -0.05) is 50.0 Å². The van der Waals surface area contributed by atoms with Crippen LogP contribution in [0.15, 0.2) is 40.9 Å². The minimum atomic E-state index is 0.296. The molecule has 144 valence electrons. The van der Waals surface area contributed by atoms with Gasteiger partial charge >= 0.3 is 0 Å². The fraction of sp³-hybridized carbons (Fsp3) is 0.455. The molecule has 0 N–H and O–H groups in total. The minimum Gasteiger partial charge on any atom is -0.493 e. The monoisotopic (exact) mass is 368 g/mol. The fourth-order valence-corrected chi connectivity index (χ4v) is 3.03. The average molecular weight is 368 g/mol. The molecule has 0 fully saturated rings. The molecule has 0 radical (unpaired) electrons. The van der Waals surface area contributed by atoms with Crippen LogP contribution in [0.5, 0.6) is 5.75 Å². The molecule has 1 atom stereocenters. The molecule has 1 unspecified atom stereocenters. The number of ether oxygens (including phenoxy) is 2. The van der Waals surface area contributed by atoms with Crippen LogP contribution < -0.4 is 4.74 Å². The Morgan fingerprint density at radius 2 is 1.85 bits per heavy atom. The van der Waals surface area contributed by atoms with Crippen molar-refractivity contribution in [3.63, 3.8) is 0 Å². The summed E-state index contributed by atoms with van der Waals surface area (Å²) in [7, 11) is 1.70. The number of hydrogen-bond donors (Lipinski definition) is 0. The molecule has 0 saturated heterocycles. The normalized spacial score (nSPS) is 12.4. The summed E-state index contributed by atoms with van der Waals surface area (Å²) in [5.41, 5.74) is 0.967. The summed E-state index contributed by atoms with van der Waals surface area (Å²) < 4.78 is 16.3. The predicted molar refractivity (Wildman–Crippen MR) is 107 cm³/mol. The summed E-state index contributed by atoms with van der Waals surface area (Å²) in [6.07, 6.45) is 4.30. The number of aromatic nitrogens is 2. The Morgan fingerprint density at radius 3 is 2.67 bits per heavy atom. The molecule has 3 rings (SSSR count). The summed E-state index contributed by atoms with van der Waals surface area (Å²) in [6, 6.07) is 12.3. The highest BCUT2D eigenvalue weighted by molar-refractivity contribution is 5.87. The first-order chi connectivity index (χ1) is 13.2. The second-order valence-corrected chi connectivity index (χ2v) is 6.92. The summed E-state index contributed by atoms with van der Waals surface area (Å²) >= 11 is 0. The number of benzene rings is 2. The van der Waals surface area contributed by atoms with Gasteiger partial charge in [-0.25, -0.2) is 0 Å². The first-order valence-electron chi connectivity index (χ1n) is 9.70. The quantitative estimate of drug-likeness (QED) is 0.436. The summed E-state index contributed by atoms with van der Waals surface area (Å²) in [4.78, 5) is 4.60. The summed E-state index contributed by atoms with van der Waals surface area (Å²) in [6.45, 7) is 5.69. The molecule has 5 nitrogen and oxygen atoms in total. The van der Waals surface area contributed by atoms with E-state index >= 15 is 0 Å². The van der Waals surface area contributed by atoms with Gasteiger partial charge in [-0.3, -0.25) is 0 Å². The van der Waals surface area contributed by atoms with Gasteiger partial charge in [0.2, 0.25) is 11.7 Å². The highest BCUT2D eigenvalue weighted by Crippen LogP contribution is 2.27. The Labute approximate surface area is 160 Å². The van der Waals surface area contributed by atoms with Crippen molar-refractivity contribution in [2.24, 2.45) is 0 Å². The molecule has 0 aliphatic heterocycles. The number of hydrogen-bond acceptors (Lipinski definition) is 5. The third kappa shape index (κ3) is 5.07. The Morgan fingerprint density at radius 1 is 1.04 bits per heavy atom. The molecular weight excluding hydrogens is 340 g/mol. The standard InChI is InChI=1S/C22H28N2O3/c1-4-5-7-16(2)22-23-21(24-27-22)19-9-8-18-15-20(11-10-17(18)14-19)26-13-6-12-25-3/h8-11,14-16H,4-7,12-13H2,1-3H3. The van der Waals surface area contributed by atoms with Crippen LogP contribution in [-0.2, 0) is 4.74 Å². The highest BCUT2D eigenvalue weighted by atomic mass is 16.5. The topological polar surface area (TPSA) is 57.4 Å². The van der Waals surface area contributed by atoms with E-state index in [-0.39, 0.29) is 0 Å². The lowest BCUT2D eigenvalue weighted by Crippen LogP contribution is -2.01. The Kier molecular flexibility index (Phi) is 6.82. The van der Waals surface area contributed by atoms with Crippen LogP contribution in [0, 0.1) is 0 Å². The third-order valence-corrected chi connectivity index (χ3v) is 4.69. The molecule has 0 aliphatic rings. The van der Waals surface area contributed by atoms with E-state index in [9.17, 15) is 0 Å². The maximum absolute atomic E-state index is 5.77. The summed E-state index contributed by atoms with van der Waals surface area (Å²) in [5, 5.41) is 6.43. The Hall–Kier alpha value is -2.40. The Bertz CT molecular complexity index is 860. The molecule has 0 saturated carbocycles. The zero-order valence-corrected chi connectivity index (χ0v) is 16.4. The molecule has 1 heterocycles. The molecule has 0 amide bonds. The van der Waals surface area contributed by atoms with Crippen LogP contribution in [0.3, 0.4) is 0 Å². The van der Waals surface area contributed by atoms with Gasteiger partial charge in [-0.05, 0) is 35.4 Å². The van der Waals surface area contributed by atoms with Crippen LogP contribution in [0.2, 0.25) is 0 Å². The van der Waals surface area contributed by atoms with Crippen LogP contribution in [0.1, 0.15) is 51.3 Å². The van der Waals surface area contributed by atoms with Crippen molar-refractivity contribution in [1.82, 2.24) is 10.1 Å². The van der Waals surface area contributed by atoms with E-state index in [1.165, 1.54) is 12.8 Å². The third-order valence-electron chi connectivity index (χ3n) is 4.69. The van der Waals surface area contributed by atoms with Gasteiger partial charge < -0.3 is 14.0 Å². The number of nitrogens with zero attached hydrogens (tertiary/aromatic N) is 2. The van der Waals surface area contributed by atoms with E-state index in [4.69, 9.17) is 14.0 Å². The van der Waals surface area contributed by atoms with Gasteiger partial charge in [0.25, 0.3) is 0 Å². The number of methoxy groups -OCH3 is 1. The lowest BCUT2D eigenvalue weighted by atomic mass is 10.0. The predicted octanol–water partition coefficient (Wildman–Crippen LogP) is 5.60. The number of rotatable bonds is 10. The first kappa shape index (κ1) is 19.4. The highest BCUT2D eigenvalue weighted by Gasteiger charge is 2.15. The zero-order chi connectivity index (χ0) is 19.1. The minimum absolute atomic E-state index is 0.296. The zero-order valence-electron chi connectivity index (χ0n) is 16.4. The van der Waals surface area contributed by atoms with E-state index in [0.717, 1.165) is 40.8 Å². The van der Waals surface area contributed by atoms with Crippen molar-refractivity contribution in [2.45, 2.75) is 45.4 Å². The van der Waals surface area contributed by atoms with Crippen molar-refractivity contribution < 1.29 is 14.0 Å². The van der Waals surface area contributed by atoms with Gasteiger partial charge in [0.15, 0.2) is 0 Å².